The predicted molar refractivity (Wildman–Crippen MR) is 55.6 cm³/mol. The maximum atomic E-state index is 11.3. The second kappa shape index (κ2) is 3.98. The van der Waals surface area contributed by atoms with Gasteiger partial charge >= 0.3 is 5.97 Å². The van der Waals surface area contributed by atoms with Gasteiger partial charge in [-0.25, -0.2) is 9.78 Å². The maximum absolute atomic E-state index is 11.3. The van der Waals surface area contributed by atoms with E-state index in [2.05, 4.69) is 21.7 Å². The zero-order chi connectivity index (χ0) is 10.8. The Balaban J connectivity index is 2.30. The van der Waals surface area contributed by atoms with E-state index >= 15 is 0 Å². The van der Waals surface area contributed by atoms with Crippen LogP contribution in [0, 0.1) is 0 Å². The molecule has 0 amide bonds. The molecule has 1 aliphatic heterocycles. The molecule has 0 spiro atoms. The van der Waals surface area contributed by atoms with Crippen LogP contribution in [-0.4, -0.2) is 36.6 Å². The second-order valence-electron chi connectivity index (χ2n) is 3.78. The number of rotatable bonds is 1. The van der Waals surface area contributed by atoms with Gasteiger partial charge in [-0.05, 0) is 18.7 Å². The highest BCUT2D eigenvalue weighted by atomic mass is 16.5. The van der Waals surface area contributed by atoms with Crippen molar-refractivity contribution in [2.24, 2.45) is 0 Å². The number of likely N-dealkylation sites (N-methyl/N-ethyl adjacent to an activating group) is 1. The summed E-state index contributed by atoms with van der Waals surface area (Å²) in [5, 5.41) is 0. The van der Waals surface area contributed by atoms with Gasteiger partial charge in [-0.3, -0.25) is 0 Å². The van der Waals surface area contributed by atoms with Crippen LogP contribution in [0.25, 0.3) is 0 Å². The Labute approximate surface area is 88.9 Å². The summed E-state index contributed by atoms with van der Waals surface area (Å²) in [4.78, 5) is 17.8. The molecule has 0 saturated carbocycles. The lowest BCUT2D eigenvalue weighted by molar-refractivity contribution is 0.0593. The third kappa shape index (κ3) is 1.99. The number of nitrogens with zero attached hydrogens (tertiary/aromatic N) is 2. The van der Waals surface area contributed by atoms with Crippen molar-refractivity contribution in [3.05, 3.63) is 29.1 Å². The zero-order valence-electron chi connectivity index (χ0n) is 8.99. The lowest BCUT2D eigenvalue weighted by Crippen LogP contribution is -2.27. The first-order chi connectivity index (χ1) is 7.20. The number of fused-ring (bicyclic) bond motifs is 1. The van der Waals surface area contributed by atoms with Crippen LogP contribution in [0.3, 0.4) is 0 Å². The summed E-state index contributed by atoms with van der Waals surface area (Å²) in [6.07, 6.45) is 0.899. The van der Waals surface area contributed by atoms with Crippen molar-refractivity contribution in [2.75, 3.05) is 20.7 Å². The first-order valence-corrected chi connectivity index (χ1v) is 4.96. The lowest BCUT2D eigenvalue weighted by Gasteiger charge is -2.24. The van der Waals surface area contributed by atoms with Crippen LogP contribution in [0.15, 0.2) is 12.1 Å². The third-order valence-corrected chi connectivity index (χ3v) is 2.63. The first kappa shape index (κ1) is 10.1. The van der Waals surface area contributed by atoms with E-state index in [0.717, 1.165) is 25.2 Å². The van der Waals surface area contributed by atoms with Crippen LogP contribution >= 0.6 is 0 Å². The van der Waals surface area contributed by atoms with Crippen LogP contribution in [-0.2, 0) is 17.7 Å². The van der Waals surface area contributed by atoms with E-state index in [1.165, 1.54) is 12.7 Å². The molecular formula is C11H14N2O2. The molecule has 0 saturated heterocycles. The highest BCUT2D eigenvalue weighted by Crippen LogP contribution is 2.16. The third-order valence-electron chi connectivity index (χ3n) is 2.63. The minimum absolute atomic E-state index is 0.364. The monoisotopic (exact) mass is 206 g/mol. The molecule has 80 valence electrons. The topological polar surface area (TPSA) is 42.4 Å². The van der Waals surface area contributed by atoms with E-state index in [1.54, 1.807) is 6.07 Å². The summed E-state index contributed by atoms with van der Waals surface area (Å²) in [5.41, 5.74) is 2.63. The Kier molecular flexibility index (Phi) is 2.68. The summed E-state index contributed by atoms with van der Waals surface area (Å²) in [5.74, 6) is -0.364. The fourth-order valence-corrected chi connectivity index (χ4v) is 1.78. The second-order valence-corrected chi connectivity index (χ2v) is 3.78. The van der Waals surface area contributed by atoms with E-state index in [0.29, 0.717) is 5.69 Å². The molecule has 0 fully saturated rings. The van der Waals surface area contributed by atoms with Gasteiger partial charge in [0.25, 0.3) is 0 Å². The number of methoxy groups -OCH3 is 1. The number of carbonyl (C=O) groups is 1. The standard InChI is InChI=1S/C11H14N2O2/c1-13-6-5-9-8(7-13)3-4-10(12-9)11(14)15-2/h3-4H,5-7H2,1-2H3. The summed E-state index contributed by atoms with van der Waals surface area (Å²) < 4.78 is 4.64. The van der Waals surface area contributed by atoms with Crippen LogP contribution in [0.4, 0.5) is 0 Å². The largest absolute Gasteiger partial charge is 0.464 e. The SMILES string of the molecule is COC(=O)c1ccc2c(n1)CCN(C)C2. The smallest absolute Gasteiger partial charge is 0.356 e. The van der Waals surface area contributed by atoms with Gasteiger partial charge in [-0.15, -0.1) is 0 Å². The molecule has 1 aromatic rings. The lowest BCUT2D eigenvalue weighted by atomic mass is 10.1. The number of carbonyl (C=O) groups excluding carboxylic acids is 1. The summed E-state index contributed by atoms with van der Waals surface area (Å²) in [7, 11) is 3.45. The number of aromatic nitrogens is 1. The number of esters is 1. The molecule has 4 heteroatoms. The molecule has 0 unspecified atom stereocenters. The minimum Gasteiger partial charge on any atom is -0.464 e. The molecule has 0 aliphatic carbocycles. The Morgan fingerprint density at radius 3 is 3.07 bits per heavy atom. The van der Waals surface area contributed by atoms with Gasteiger partial charge in [0.05, 0.1) is 7.11 Å². The Morgan fingerprint density at radius 1 is 1.53 bits per heavy atom. The van der Waals surface area contributed by atoms with Gasteiger partial charge in [0, 0.05) is 25.2 Å². The minimum atomic E-state index is -0.364. The Hall–Kier alpha value is -1.42. The molecule has 0 aromatic carbocycles. The molecule has 0 radical (unpaired) electrons. The molecule has 0 bridgehead atoms. The summed E-state index contributed by atoms with van der Waals surface area (Å²) in [6.45, 7) is 1.90. The molecule has 2 rings (SSSR count). The first-order valence-electron chi connectivity index (χ1n) is 4.96. The van der Waals surface area contributed by atoms with Gasteiger partial charge in [-0.2, -0.15) is 0 Å². The van der Waals surface area contributed by atoms with Crippen LogP contribution < -0.4 is 0 Å². The fourth-order valence-electron chi connectivity index (χ4n) is 1.78. The quantitative estimate of drug-likeness (QED) is 0.639. The van der Waals surface area contributed by atoms with Crippen LogP contribution in [0.2, 0.25) is 0 Å². The predicted octanol–water partition coefficient (Wildman–Crippen LogP) is 0.856. The van der Waals surface area contributed by atoms with Crippen molar-refractivity contribution in [2.45, 2.75) is 13.0 Å². The van der Waals surface area contributed by atoms with E-state index in [-0.39, 0.29) is 5.97 Å². The number of ether oxygens (including phenoxy) is 1. The van der Waals surface area contributed by atoms with Crippen molar-refractivity contribution in [3.63, 3.8) is 0 Å². The maximum Gasteiger partial charge on any atom is 0.356 e. The van der Waals surface area contributed by atoms with Gasteiger partial charge in [0.2, 0.25) is 0 Å². The van der Waals surface area contributed by atoms with Crippen molar-refractivity contribution in [1.82, 2.24) is 9.88 Å². The van der Waals surface area contributed by atoms with Gasteiger partial charge < -0.3 is 9.64 Å². The van der Waals surface area contributed by atoms with Gasteiger partial charge in [-0.1, -0.05) is 6.07 Å². The van der Waals surface area contributed by atoms with E-state index < -0.39 is 0 Å². The van der Waals surface area contributed by atoms with Crippen LogP contribution in [0.5, 0.6) is 0 Å². The Bertz CT molecular complexity index is 390. The normalized spacial score (nSPS) is 15.9. The zero-order valence-corrected chi connectivity index (χ0v) is 8.99. The van der Waals surface area contributed by atoms with Crippen molar-refractivity contribution in [1.29, 1.82) is 0 Å². The van der Waals surface area contributed by atoms with E-state index in [4.69, 9.17) is 0 Å². The highest BCUT2D eigenvalue weighted by Gasteiger charge is 2.16. The van der Waals surface area contributed by atoms with Crippen molar-refractivity contribution in [3.8, 4) is 0 Å². The number of pyridine rings is 1. The fraction of sp³-hybridized carbons (Fsp3) is 0.455. The van der Waals surface area contributed by atoms with Gasteiger partial charge in [0.1, 0.15) is 5.69 Å². The number of hydrogen-bond acceptors (Lipinski definition) is 4. The van der Waals surface area contributed by atoms with Gasteiger partial charge in [0.15, 0.2) is 0 Å². The molecule has 2 heterocycles. The van der Waals surface area contributed by atoms with E-state index in [9.17, 15) is 4.79 Å². The molecular weight excluding hydrogens is 192 g/mol. The summed E-state index contributed by atoms with van der Waals surface area (Å²) >= 11 is 0. The average molecular weight is 206 g/mol. The molecule has 4 nitrogen and oxygen atoms in total. The van der Waals surface area contributed by atoms with Crippen molar-refractivity contribution >= 4 is 5.97 Å². The molecule has 0 N–H and O–H groups in total. The molecule has 1 aromatic heterocycles. The number of hydrogen-bond donors (Lipinski definition) is 0. The molecule has 0 atom stereocenters. The molecule has 15 heavy (non-hydrogen) atoms. The van der Waals surface area contributed by atoms with E-state index in [1.807, 2.05) is 6.07 Å². The van der Waals surface area contributed by atoms with Crippen molar-refractivity contribution < 1.29 is 9.53 Å². The summed E-state index contributed by atoms with van der Waals surface area (Å²) in [6, 6.07) is 3.69. The van der Waals surface area contributed by atoms with Crippen LogP contribution in [0.1, 0.15) is 21.7 Å². The average Bonchev–Trinajstić information content (AvgIpc) is 2.27. The molecule has 1 aliphatic rings. The highest BCUT2D eigenvalue weighted by molar-refractivity contribution is 5.87. The Morgan fingerprint density at radius 2 is 2.33 bits per heavy atom.